The van der Waals surface area contributed by atoms with Gasteiger partial charge in [-0.25, -0.2) is 0 Å². The molecule has 2 rings (SSSR count). The number of rotatable bonds is 5. The smallest absolute Gasteiger partial charge is 0.102 e. The Balaban J connectivity index is 1.94. The molecule has 2 aromatic rings. The second kappa shape index (κ2) is 7.43. The number of hydrogen-bond acceptors (Lipinski definition) is 2. The van der Waals surface area contributed by atoms with E-state index in [1.165, 1.54) is 0 Å². The molecule has 2 nitrogen and oxygen atoms in total. The molecule has 0 spiro atoms. The third-order valence-corrected chi connectivity index (χ3v) is 2.92. The Bertz CT molecular complexity index is 505. The summed E-state index contributed by atoms with van der Waals surface area (Å²) in [5, 5.41) is 19.7. The van der Waals surface area contributed by atoms with Crippen molar-refractivity contribution in [3.05, 3.63) is 83.9 Å². The molecule has 0 aliphatic rings. The second-order valence-corrected chi connectivity index (χ2v) is 4.52. The third-order valence-electron chi connectivity index (χ3n) is 2.92. The van der Waals surface area contributed by atoms with Crippen LogP contribution < -0.4 is 0 Å². The average Bonchev–Trinajstić information content (AvgIpc) is 2.52. The summed E-state index contributed by atoms with van der Waals surface area (Å²) in [5.41, 5.74) is 1.98. The van der Waals surface area contributed by atoms with E-state index in [1.54, 1.807) is 24.3 Å². The highest BCUT2D eigenvalue weighted by Crippen LogP contribution is 2.07. The van der Waals surface area contributed by atoms with E-state index in [2.05, 4.69) is 0 Å². The molecule has 0 aromatic heterocycles. The van der Waals surface area contributed by atoms with Gasteiger partial charge in [-0.05, 0) is 11.1 Å². The van der Waals surface area contributed by atoms with E-state index in [0.29, 0.717) is 0 Å². The Kier molecular flexibility index (Phi) is 5.30. The van der Waals surface area contributed by atoms with Gasteiger partial charge in [0.05, 0.1) is 0 Å². The molecule has 0 saturated carbocycles. The average molecular weight is 266 g/mol. The Morgan fingerprint density at radius 2 is 0.950 bits per heavy atom. The zero-order chi connectivity index (χ0) is 14.2. The minimum Gasteiger partial charge on any atom is -0.386 e. The Hall–Kier alpha value is -2.16. The largest absolute Gasteiger partial charge is 0.386 e. The molecular formula is C18H18O2. The summed E-state index contributed by atoms with van der Waals surface area (Å²) in [6.45, 7) is 0. The van der Waals surface area contributed by atoms with Crippen molar-refractivity contribution >= 4 is 12.2 Å². The number of benzene rings is 2. The molecule has 0 aliphatic carbocycles. The molecule has 20 heavy (non-hydrogen) atoms. The van der Waals surface area contributed by atoms with Crippen LogP contribution in [0.5, 0.6) is 0 Å². The van der Waals surface area contributed by atoms with Crippen LogP contribution in [0.15, 0.2) is 72.8 Å². The van der Waals surface area contributed by atoms with Gasteiger partial charge >= 0.3 is 0 Å². The monoisotopic (exact) mass is 266 g/mol. The van der Waals surface area contributed by atoms with E-state index in [4.69, 9.17) is 0 Å². The Morgan fingerprint density at radius 3 is 1.30 bits per heavy atom. The maximum absolute atomic E-state index is 9.87. The molecule has 0 aliphatic heterocycles. The summed E-state index contributed by atoms with van der Waals surface area (Å²) in [4.78, 5) is 0. The van der Waals surface area contributed by atoms with Crippen LogP contribution in [0, 0.1) is 0 Å². The van der Waals surface area contributed by atoms with Crippen molar-refractivity contribution in [3.8, 4) is 0 Å². The Morgan fingerprint density at radius 1 is 0.600 bits per heavy atom. The lowest BCUT2D eigenvalue weighted by molar-refractivity contribution is 0.0818. The van der Waals surface area contributed by atoms with Crippen molar-refractivity contribution in [2.45, 2.75) is 12.2 Å². The van der Waals surface area contributed by atoms with Crippen molar-refractivity contribution in [2.75, 3.05) is 0 Å². The SMILES string of the molecule is O[C@H](C=Cc1ccccc1)[C@@H](O)C=Cc1ccccc1. The molecule has 0 unspecified atom stereocenters. The lowest BCUT2D eigenvalue weighted by Gasteiger charge is -2.09. The van der Waals surface area contributed by atoms with Crippen molar-refractivity contribution in [3.63, 3.8) is 0 Å². The molecular weight excluding hydrogens is 248 g/mol. The predicted molar refractivity (Wildman–Crippen MR) is 83.0 cm³/mol. The maximum atomic E-state index is 9.87. The van der Waals surface area contributed by atoms with E-state index in [0.717, 1.165) is 11.1 Å². The number of aliphatic hydroxyl groups is 2. The lowest BCUT2D eigenvalue weighted by atomic mass is 10.1. The fourth-order valence-electron chi connectivity index (χ4n) is 1.78. The molecule has 102 valence electrons. The quantitative estimate of drug-likeness (QED) is 0.873. The summed E-state index contributed by atoms with van der Waals surface area (Å²) >= 11 is 0. The minimum absolute atomic E-state index is 0.921. The molecule has 0 amide bonds. The van der Waals surface area contributed by atoms with Crippen LogP contribution in [-0.2, 0) is 0 Å². The molecule has 2 atom stereocenters. The highest BCUT2D eigenvalue weighted by Gasteiger charge is 2.08. The van der Waals surface area contributed by atoms with Gasteiger partial charge in [0, 0.05) is 0 Å². The molecule has 0 saturated heterocycles. The third kappa shape index (κ3) is 4.50. The summed E-state index contributed by atoms with van der Waals surface area (Å²) in [6.07, 6.45) is 4.93. The summed E-state index contributed by atoms with van der Waals surface area (Å²) < 4.78 is 0. The highest BCUT2D eigenvalue weighted by molar-refractivity contribution is 5.51. The molecule has 0 bridgehead atoms. The molecule has 2 aromatic carbocycles. The van der Waals surface area contributed by atoms with Crippen LogP contribution in [-0.4, -0.2) is 22.4 Å². The van der Waals surface area contributed by atoms with Gasteiger partial charge in [0.15, 0.2) is 0 Å². The van der Waals surface area contributed by atoms with Crippen LogP contribution >= 0.6 is 0 Å². The van der Waals surface area contributed by atoms with Gasteiger partial charge in [-0.1, -0.05) is 85.0 Å². The molecule has 0 radical (unpaired) electrons. The predicted octanol–water partition coefficient (Wildman–Crippen LogP) is 3.14. The van der Waals surface area contributed by atoms with Crippen LogP contribution in [0.2, 0.25) is 0 Å². The molecule has 0 fully saturated rings. The van der Waals surface area contributed by atoms with Crippen molar-refractivity contribution in [2.24, 2.45) is 0 Å². The fourth-order valence-corrected chi connectivity index (χ4v) is 1.78. The number of hydrogen-bond donors (Lipinski definition) is 2. The molecule has 2 heteroatoms. The first-order chi connectivity index (χ1) is 9.75. The first-order valence-electron chi connectivity index (χ1n) is 6.58. The van der Waals surface area contributed by atoms with Crippen molar-refractivity contribution in [1.29, 1.82) is 0 Å². The minimum atomic E-state index is -0.921. The van der Waals surface area contributed by atoms with Gasteiger partial charge < -0.3 is 10.2 Å². The van der Waals surface area contributed by atoms with Gasteiger partial charge in [-0.15, -0.1) is 0 Å². The van der Waals surface area contributed by atoms with E-state index < -0.39 is 12.2 Å². The highest BCUT2D eigenvalue weighted by atomic mass is 16.3. The van der Waals surface area contributed by atoms with Crippen LogP contribution in [0.4, 0.5) is 0 Å². The fraction of sp³-hybridized carbons (Fsp3) is 0.111. The summed E-state index contributed by atoms with van der Waals surface area (Å²) in [7, 11) is 0. The maximum Gasteiger partial charge on any atom is 0.102 e. The first kappa shape index (κ1) is 14.3. The van der Waals surface area contributed by atoms with Crippen molar-refractivity contribution < 1.29 is 10.2 Å². The standard InChI is InChI=1S/C18H18O2/c19-17(13-11-15-7-3-1-4-8-15)18(20)14-12-16-9-5-2-6-10-16/h1-14,17-20H/t17-,18+. The van der Waals surface area contributed by atoms with Crippen LogP contribution in [0.25, 0.3) is 12.2 Å². The summed E-state index contributed by atoms with van der Waals surface area (Å²) in [6, 6.07) is 19.3. The van der Waals surface area contributed by atoms with E-state index in [-0.39, 0.29) is 0 Å². The Labute approximate surface area is 119 Å². The zero-order valence-corrected chi connectivity index (χ0v) is 11.1. The van der Waals surface area contributed by atoms with Gasteiger partial charge in [-0.2, -0.15) is 0 Å². The zero-order valence-electron chi connectivity index (χ0n) is 11.1. The molecule has 0 heterocycles. The van der Waals surface area contributed by atoms with E-state index >= 15 is 0 Å². The lowest BCUT2D eigenvalue weighted by Crippen LogP contribution is -2.20. The van der Waals surface area contributed by atoms with Crippen LogP contribution in [0.1, 0.15) is 11.1 Å². The van der Waals surface area contributed by atoms with Gasteiger partial charge in [0.25, 0.3) is 0 Å². The summed E-state index contributed by atoms with van der Waals surface area (Å²) in [5.74, 6) is 0. The first-order valence-corrected chi connectivity index (χ1v) is 6.58. The molecule has 2 N–H and O–H groups in total. The normalized spacial score (nSPS) is 14.7. The van der Waals surface area contributed by atoms with E-state index in [1.807, 2.05) is 60.7 Å². The van der Waals surface area contributed by atoms with Gasteiger partial charge in [0.2, 0.25) is 0 Å². The number of aliphatic hydroxyl groups excluding tert-OH is 2. The topological polar surface area (TPSA) is 40.5 Å². The van der Waals surface area contributed by atoms with Gasteiger partial charge in [-0.3, -0.25) is 0 Å². The van der Waals surface area contributed by atoms with Crippen LogP contribution in [0.3, 0.4) is 0 Å². The second-order valence-electron chi connectivity index (χ2n) is 4.52. The van der Waals surface area contributed by atoms with Gasteiger partial charge in [0.1, 0.15) is 12.2 Å². The van der Waals surface area contributed by atoms with E-state index in [9.17, 15) is 10.2 Å². The van der Waals surface area contributed by atoms with Crippen molar-refractivity contribution in [1.82, 2.24) is 0 Å².